The average Bonchev–Trinajstić information content (AvgIpc) is 3.05. The van der Waals surface area contributed by atoms with Gasteiger partial charge in [0.1, 0.15) is 0 Å². The van der Waals surface area contributed by atoms with Crippen LogP contribution in [0.4, 0.5) is 0 Å². The number of nitrogens with zero attached hydrogens (tertiary/aromatic N) is 1. The van der Waals surface area contributed by atoms with E-state index in [4.69, 9.17) is 9.47 Å². The van der Waals surface area contributed by atoms with Gasteiger partial charge in [0.25, 0.3) is 0 Å². The third kappa shape index (κ3) is 5.78. The molecule has 1 aliphatic rings. The fourth-order valence-electron chi connectivity index (χ4n) is 2.67. The smallest absolute Gasteiger partial charge is 0.225 e. The van der Waals surface area contributed by atoms with Crippen molar-refractivity contribution in [2.75, 3.05) is 26.4 Å². The predicted octanol–water partition coefficient (Wildman–Crippen LogP) is 3.01. The molecule has 1 saturated heterocycles. The number of carbonyl (C=O) groups excluding carboxylic acids is 1. The average molecular weight is 305 g/mol. The lowest BCUT2D eigenvalue weighted by Gasteiger charge is -2.22. The molecule has 0 unspecified atom stereocenters. The Kier molecular flexibility index (Phi) is 7.40. The Morgan fingerprint density at radius 1 is 1.36 bits per heavy atom. The summed E-state index contributed by atoms with van der Waals surface area (Å²) in [6, 6.07) is 10.1. The van der Waals surface area contributed by atoms with Gasteiger partial charge in [0.05, 0.1) is 25.7 Å². The predicted molar refractivity (Wildman–Crippen MR) is 86.6 cm³/mol. The van der Waals surface area contributed by atoms with Crippen LogP contribution in [0, 0.1) is 0 Å². The quantitative estimate of drug-likeness (QED) is 0.658. The van der Waals surface area contributed by atoms with Gasteiger partial charge in [-0.2, -0.15) is 0 Å². The molecule has 1 heterocycles. The zero-order chi connectivity index (χ0) is 15.6. The highest BCUT2D eigenvalue weighted by molar-refractivity contribution is 5.76. The SMILES string of the molecule is CCCN(Cc1ccccc1)C(=O)CCOC[C@@H]1CCCO1. The standard InChI is InChI=1S/C18H27NO3/c1-2-11-19(14-16-7-4-3-5-8-16)18(20)10-13-21-15-17-9-6-12-22-17/h3-5,7-8,17H,2,6,9-15H2,1H3/t17-/m0/s1. The molecular formula is C18H27NO3. The van der Waals surface area contributed by atoms with Gasteiger partial charge in [-0.15, -0.1) is 0 Å². The second-order valence-corrected chi connectivity index (χ2v) is 5.76. The first-order valence-electron chi connectivity index (χ1n) is 8.30. The molecule has 2 rings (SSSR count). The van der Waals surface area contributed by atoms with Crippen LogP contribution in [0.25, 0.3) is 0 Å². The molecule has 0 N–H and O–H groups in total. The molecule has 1 aromatic rings. The molecule has 0 radical (unpaired) electrons. The number of rotatable bonds is 9. The Bertz CT molecular complexity index is 429. The third-order valence-electron chi connectivity index (χ3n) is 3.85. The third-order valence-corrected chi connectivity index (χ3v) is 3.85. The van der Waals surface area contributed by atoms with Crippen LogP contribution in [0.2, 0.25) is 0 Å². The molecule has 4 nitrogen and oxygen atoms in total. The maximum atomic E-state index is 12.3. The van der Waals surface area contributed by atoms with E-state index < -0.39 is 0 Å². The number of hydrogen-bond acceptors (Lipinski definition) is 3. The first-order valence-corrected chi connectivity index (χ1v) is 8.30. The number of carbonyl (C=O) groups is 1. The minimum Gasteiger partial charge on any atom is -0.378 e. The van der Waals surface area contributed by atoms with Gasteiger partial charge >= 0.3 is 0 Å². The summed E-state index contributed by atoms with van der Waals surface area (Å²) in [5.74, 6) is 0.165. The van der Waals surface area contributed by atoms with Crippen LogP contribution in [-0.4, -0.2) is 43.3 Å². The number of hydrogen-bond donors (Lipinski definition) is 0. The van der Waals surface area contributed by atoms with Crippen molar-refractivity contribution < 1.29 is 14.3 Å². The summed E-state index contributed by atoms with van der Waals surface area (Å²) in [5, 5.41) is 0. The molecule has 1 atom stereocenters. The van der Waals surface area contributed by atoms with Crippen LogP contribution in [0.3, 0.4) is 0 Å². The van der Waals surface area contributed by atoms with E-state index in [1.54, 1.807) is 0 Å². The number of benzene rings is 1. The molecule has 1 fully saturated rings. The molecule has 22 heavy (non-hydrogen) atoms. The van der Waals surface area contributed by atoms with Crippen molar-refractivity contribution in [3.63, 3.8) is 0 Å². The second kappa shape index (κ2) is 9.59. The zero-order valence-electron chi connectivity index (χ0n) is 13.5. The second-order valence-electron chi connectivity index (χ2n) is 5.76. The fraction of sp³-hybridized carbons (Fsp3) is 0.611. The Balaban J connectivity index is 1.71. The molecule has 4 heteroatoms. The summed E-state index contributed by atoms with van der Waals surface area (Å²) in [7, 11) is 0. The maximum Gasteiger partial charge on any atom is 0.225 e. The van der Waals surface area contributed by atoms with Crippen molar-refractivity contribution >= 4 is 5.91 Å². The van der Waals surface area contributed by atoms with Crippen LogP contribution in [0.5, 0.6) is 0 Å². The first-order chi connectivity index (χ1) is 10.8. The fourth-order valence-corrected chi connectivity index (χ4v) is 2.67. The van der Waals surface area contributed by atoms with Crippen LogP contribution in [-0.2, 0) is 20.8 Å². The van der Waals surface area contributed by atoms with Crippen LogP contribution in [0.15, 0.2) is 30.3 Å². The molecule has 0 aliphatic carbocycles. The van der Waals surface area contributed by atoms with E-state index in [0.717, 1.165) is 32.4 Å². The van der Waals surface area contributed by atoms with Crippen LogP contribution < -0.4 is 0 Å². The minimum absolute atomic E-state index is 0.165. The van der Waals surface area contributed by atoms with Gasteiger partial charge in [-0.25, -0.2) is 0 Å². The summed E-state index contributed by atoms with van der Waals surface area (Å²) < 4.78 is 11.1. The number of amides is 1. The molecular weight excluding hydrogens is 278 g/mol. The molecule has 0 saturated carbocycles. The Morgan fingerprint density at radius 3 is 2.86 bits per heavy atom. The van der Waals surface area contributed by atoms with Crippen molar-refractivity contribution in [1.29, 1.82) is 0 Å². The van der Waals surface area contributed by atoms with Gasteiger partial charge in [0.15, 0.2) is 0 Å². The van der Waals surface area contributed by atoms with Crippen LogP contribution in [0.1, 0.15) is 38.2 Å². The summed E-state index contributed by atoms with van der Waals surface area (Å²) in [4.78, 5) is 14.3. The summed E-state index contributed by atoms with van der Waals surface area (Å²) in [5.41, 5.74) is 1.17. The van der Waals surface area contributed by atoms with Gasteiger partial charge in [-0.3, -0.25) is 4.79 Å². The molecule has 1 aliphatic heterocycles. The lowest BCUT2D eigenvalue weighted by atomic mass is 10.2. The highest BCUT2D eigenvalue weighted by atomic mass is 16.5. The zero-order valence-corrected chi connectivity index (χ0v) is 13.5. The van der Waals surface area contributed by atoms with E-state index in [1.165, 1.54) is 5.56 Å². The van der Waals surface area contributed by atoms with Gasteiger partial charge in [0.2, 0.25) is 5.91 Å². The highest BCUT2D eigenvalue weighted by Crippen LogP contribution is 2.12. The topological polar surface area (TPSA) is 38.8 Å². The van der Waals surface area contributed by atoms with Crippen molar-refractivity contribution in [3.05, 3.63) is 35.9 Å². The van der Waals surface area contributed by atoms with E-state index in [0.29, 0.717) is 26.2 Å². The van der Waals surface area contributed by atoms with Gasteiger partial charge < -0.3 is 14.4 Å². The van der Waals surface area contributed by atoms with Crippen molar-refractivity contribution in [3.8, 4) is 0 Å². The first kappa shape index (κ1) is 17.0. The lowest BCUT2D eigenvalue weighted by Crippen LogP contribution is -2.32. The highest BCUT2D eigenvalue weighted by Gasteiger charge is 2.16. The maximum absolute atomic E-state index is 12.3. The summed E-state index contributed by atoms with van der Waals surface area (Å²) >= 11 is 0. The Labute approximate surface area is 133 Å². The monoisotopic (exact) mass is 305 g/mol. The molecule has 0 spiro atoms. The lowest BCUT2D eigenvalue weighted by molar-refractivity contribution is -0.133. The minimum atomic E-state index is 0.165. The number of ether oxygens (including phenoxy) is 2. The van der Waals surface area contributed by atoms with Crippen molar-refractivity contribution in [1.82, 2.24) is 4.90 Å². The van der Waals surface area contributed by atoms with Crippen molar-refractivity contribution in [2.45, 2.75) is 45.3 Å². The van der Waals surface area contributed by atoms with Gasteiger partial charge in [0, 0.05) is 19.7 Å². The Morgan fingerprint density at radius 2 is 2.18 bits per heavy atom. The summed E-state index contributed by atoms with van der Waals surface area (Å²) in [6.07, 6.45) is 3.83. The van der Waals surface area contributed by atoms with E-state index >= 15 is 0 Å². The largest absolute Gasteiger partial charge is 0.378 e. The van der Waals surface area contributed by atoms with E-state index in [-0.39, 0.29) is 12.0 Å². The Hall–Kier alpha value is -1.39. The van der Waals surface area contributed by atoms with Crippen molar-refractivity contribution in [2.24, 2.45) is 0 Å². The molecule has 0 bridgehead atoms. The van der Waals surface area contributed by atoms with Gasteiger partial charge in [-0.1, -0.05) is 37.3 Å². The van der Waals surface area contributed by atoms with E-state index in [2.05, 4.69) is 19.1 Å². The molecule has 1 amide bonds. The molecule has 0 aromatic heterocycles. The van der Waals surface area contributed by atoms with Crippen LogP contribution >= 0.6 is 0 Å². The normalized spacial score (nSPS) is 17.6. The van der Waals surface area contributed by atoms with Gasteiger partial charge in [-0.05, 0) is 24.8 Å². The summed E-state index contributed by atoms with van der Waals surface area (Å²) in [6.45, 7) is 5.50. The molecule has 1 aromatic carbocycles. The van der Waals surface area contributed by atoms with E-state index in [1.807, 2.05) is 23.1 Å². The molecule has 122 valence electrons. The van der Waals surface area contributed by atoms with E-state index in [9.17, 15) is 4.79 Å².